The Morgan fingerprint density at radius 2 is 2.17 bits per heavy atom. The summed E-state index contributed by atoms with van der Waals surface area (Å²) in [4.78, 5) is 26.4. The maximum atomic E-state index is 12.0. The molecule has 0 radical (unpaired) electrons. The molecule has 2 aliphatic rings. The number of H-pyrrole nitrogens is 1. The van der Waals surface area contributed by atoms with Crippen LogP contribution in [-0.2, 0) is 4.79 Å². The summed E-state index contributed by atoms with van der Waals surface area (Å²) in [6, 6.07) is 4.37. The molecule has 122 valence electrons. The van der Waals surface area contributed by atoms with Crippen LogP contribution in [0.4, 0.5) is 5.69 Å². The van der Waals surface area contributed by atoms with Gasteiger partial charge in [-0.3, -0.25) is 4.79 Å². The lowest BCUT2D eigenvalue weighted by molar-refractivity contribution is -0.122. The number of carbonyl (C=O) groups is 1. The summed E-state index contributed by atoms with van der Waals surface area (Å²) >= 11 is 0. The van der Waals surface area contributed by atoms with Gasteiger partial charge in [0.15, 0.2) is 5.65 Å². The van der Waals surface area contributed by atoms with Crippen LogP contribution < -0.4 is 10.2 Å². The average molecular weight is 321 g/mol. The Morgan fingerprint density at radius 3 is 3.04 bits per heavy atom. The van der Waals surface area contributed by atoms with Crippen molar-refractivity contribution >= 4 is 33.5 Å². The Kier molecular flexibility index (Phi) is 2.98. The molecular formula is C18H19N5O. The number of amides is 1. The van der Waals surface area contributed by atoms with Crippen molar-refractivity contribution in [3.63, 3.8) is 0 Å². The number of nitrogens with one attached hydrogen (secondary N) is 2. The molecule has 1 saturated carbocycles. The van der Waals surface area contributed by atoms with E-state index in [9.17, 15) is 4.79 Å². The molecule has 0 aromatic carbocycles. The van der Waals surface area contributed by atoms with Crippen LogP contribution in [0.2, 0.25) is 0 Å². The summed E-state index contributed by atoms with van der Waals surface area (Å²) in [5.41, 5.74) is 2.98. The topological polar surface area (TPSA) is 73.9 Å². The van der Waals surface area contributed by atoms with Gasteiger partial charge in [-0.1, -0.05) is 0 Å². The van der Waals surface area contributed by atoms with Crippen molar-refractivity contribution in [1.29, 1.82) is 0 Å². The van der Waals surface area contributed by atoms with Gasteiger partial charge < -0.3 is 15.2 Å². The number of fused-ring (bicyclic) bond motifs is 3. The van der Waals surface area contributed by atoms with Gasteiger partial charge in [0.25, 0.3) is 0 Å². The SMILES string of the molecule is O=C(NC1CCN(c2cc[nH]c3cnc4nccc4c23)C1)C1CC1. The lowest BCUT2D eigenvalue weighted by Gasteiger charge is -2.21. The number of hydrogen-bond acceptors (Lipinski definition) is 4. The molecular weight excluding hydrogens is 302 g/mol. The standard InChI is InChI=1S/C18H19N5O/c24-18(11-1-2-11)22-12-5-8-23(10-12)15-4-7-19-14-9-21-17-13(16(14)15)3-6-20-17/h3-4,6-7,9,11-12,19H,1-2,5,8,10H2,(H,22,24). The van der Waals surface area contributed by atoms with E-state index in [1.807, 2.05) is 18.5 Å². The number of pyridine rings is 2. The lowest BCUT2D eigenvalue weighted by Crippen LogP contribution is -2.37. The summed E-state index contributed by atoms with van der Waals surface area (Å²) in [6.07, 6.45) is 8.70. The molecule has 1 atom stereocenters. The minimum absolute atomic E-state index is 0.236. The quantitative estimate of drug-likeness (QED) is 0.776. The van der Waals surface area contributed by atoms with Crippen LogP contribution in [0.25, 0.3) is 21.9 Å². The zero-order valence-electron chi connectivity index (χ0n) is 13.3. The summed E-state index contributed by atoms with van der Waals surface area (Å²) in [6.45, 7) is 1.81. The first-order valence-electron chi connectivity index (χ1n) is 8.56. The van der Waals surface area contributed by atoms with Gasteiger partial charge in [0.1, 0.15) is 0 Å². The first-order valence-corrected chi connectivity index (χ1v) is 8.56. The summed E-state index contributed by atoms with van der Waals surface area (Å²) in [5.74, 6) is 0.507. The molecule has 1 amide bonds. The highest BCUT2D eigenvalue weighted by Gasteiger charge is 2.33. The fraction of sp³-hybridized carbons (Fsp3) is 0.389. The van der Waals surface area contributed by atoms with E-state index in [0.29, 0.717) is 0 Å². The smallest absolute Gasteiger partial charge is 0.223 e. The maximum Gasteiger partial charge on any atom is 0.223 e. The number of nitrogens with zero attached hydrogens (tertiary/aromatic N) is 3. The van der Waals surface area contributed by atoms with Gasteiger partial charge >= 0.3 is 0 Å². The highest BCUT2D eigenvalue weighted by Crippen LogP contribution is 2.33. The van der Waals surface area contributed by atoms with Crippen molar-refractivity contribution in [3.8, 4) is 0 Å². The zero-order chi connectivity index (χ0) is 16.1. The van der Waals surface area contributed by atoms with Gasteiger partial charge in [0, 0.05) is 53.9 Å². The molecule has 0 spiro atoms. The molecule has 2 fully saturated rings. The van der Waals surface area contributed by atoms with E-state index in [1.165, 1.54) is 5.69 Å². The molecule has 1 saturated heterocycles. The second-order valence-corrected chi connectivity index (χ2v) is 6.81. The van der Waals surface area contributed by atoms with Crippen LogP contribution >= 0.6 is 0 Å². The monoisotopic (exact) mass is 321 g/mol. The first-order chi connectivity index (χ1) is 11.8. The largest absolute Gasteiger partial charge is 0.369 e. The molecule has 1 aliphatic carbocycles. The molecule has 4 heterocycles. The number of aromatic nitrogens is 3. The van der Waals surface area contributed by atoms with Gasteiger partial charge in [-0.15, -0.1) is 0 Å². The Morgan fingerprint density at radius 1 is 1.25 bits per heavy atom. The van der Waals surface area contributed by atoms with Crippen LogP contribution in [0.1, 0.15) is 19.3 Å². The third-order valence-electron chi connectivity index (χ3n) is 5.09. The van der Waals surface area contributed by atoms with Crippen LogP contribution in [0.5, 0.6) is 0 Å². The van der Waals surface area contributed by atoms with E-state index in [4.69, 9.17) is 0 Å². The third-order valence-corrected chi connectivity index (χ3v) is 5.09. The van der Waals surface area contributed by atoms with Crippen molar-refractivity contribution in [1.82, 2.24) is 20.3 Å². The number of hydrogen-bond donors (Lipinski definition) is 2. The van der Waals surface area contributed by atoms with Crippen LogP contribution in [0, 0.1) is 5.92 Å². The summed E-state index contributed by atoms with van der Waals surface area (Å²) in [7, 11) is 0. The molecule has 0 bridgehead atoms. The lowest BCUT2D eigenvalue weighted by atomic mass is 10.1. The van der Waals surface area contributed by atoms with E-state index in [-0.39, 0.29) is 17.9 Å². The fourth-order valence-electron chi connectivity index (χ4n) is 3.66. The van der Waals surface area contributed by atoms with Crippen LogP contribution in [0.15, 0.2) is 30.7 Å². The Hall–Kier alpha value is -2.63. The van der Waals surface area contributed by atoms with Crippen LogP contribution in [-0.4, -0.2) is 40.0 Å². The van der Waals surface area contributed by atoms with Crippen molar-refractivity contribution in [2.75, 3.05) is 18.0 Å². The second kappa shape index (κ2) is 5.19. The maximum absolute atomic E-state index is 12.0. The van der Waals surface area contributed by atoms with E-state index in [2.05, 4.69) is 31.2 Å². The second-order valence-electron chi connectivity index (χ2n) is 6.81. The molecule has 3 aromatic heterocycles. The van der Waals surface area contributed by atoms with Crippen molar-refractivity contribution in [2.45, 2.75) is 25.3 Å². The molecule has 6 nitrogen and oxygen atoms in total. The van der Waals surface area contributed by atoms with Crippen molar-refractivity contribution < 1.29 is 4.79 Å². The van der Waals surface area contributed by atoms with Gasteiger partial charge in [-0.25, -0.2) is 9.97 Å². The highest BCUT2D eigenvalue weighted by atomic mass is 16.2. The number of aromatic amines is 1. The Labute approximate surface area is 139 Å². The molecule has 1 unspecified atom stereocenters. The molecule has 2 N–H and O–H groups in total. The molecule has 5 rings (SSSR count). The van der Waals surface area contributed by atoms with Crippen molar-refractivity contribution in [2.24, 2.45) is 5.92 Å². The zero-order valence-corrected chi connectivity index (χ0v) is 13.3. The summed E-state index contributed by atoms with van der Waals surface area (Å²) < 4.78 is 0. The summed E-state index contributed by atoms with van der Waals surface area (Å²) in [5, 5.41) is 5.44. The number of carbonyl (C=O) groups excluding carboxylic acids is 1. The normalized spacial score (nSPS) is 20.8. The number of rotatable bonds is 3. The highest BCUT2D eigenvalue weighted by molar-refractivity contribution is 6.10. The van der Waals surface area contributed by atoms with E-state index < -0.39 is 0 Å². The Bertz CT molecular complexity index is 929. The van der Waals surface area contributed by atoms with Gasteiger partial charge in [0.05, 0.1) is 11.7 Å². The minimum atomic E-state index is 0.236. The average Bonchev–Trinajstić information content (AvgIpc) is 3.17. The fourth-order valence-corrected chi connectivity index (χ4v) is 3.66. The minimum Gasteiger partial charge on any atom is -0.369 e. The molecule has 3 aromatic rings. The first kappa shape index (κ1) is 13.8. The Balaban J connectivity index is 1.48. The van der Waals surface area contributed by atoms with Crippen LogP contribution in [0.3, 0.4) is 0 Å². The predicted molar refractivity (Wildman–Crippen MR) is 92.9 cm³/mol. The molecule has 6 heteroatoms. The molecule has 1 aliphatic heterocycles. The third kappa shape index (κ3) is 2.21. The van der Waals surface area contributed by atoms with Crippen molar-refractivity contribution in [3.05, 3.63) is 30.7 Å². The van der Waals surface area contributed by atoms with Gasteiger partial charge in [-0.2, -0.15) is 0 Å². The van der Waals surface area contributed by atoms with Gasteiger partial charge in [-0.05, 0) is 31.4 Å². The van der Waals surface area contributed by atoms with E-state index in [0.717, 1.165) is 54.3 Å². The van der Waals surface area contributed by atoms with E-state index in [1.54, 1.807) is 6.20 Å². The predicted octanol–water partition coefficient (Wildman–Crippen LogP) is 2.22. The van der Waals surface area contributed by atoms with Gasteiger partial charge in [0.2, 0.25) is 5.91 Å². The van der Waals surface area contributed by atoms with E-state index >= 15 is 0 Å². The molecule has 24 heavy (non-hydrogen) atoms. The number of anilines is 1.